The highest BCUT2D eigenvalue weighted by molar-refractivity contribution is 9.10. The van der Waals surface area contributed by atoms with Gasteiger partial charge in [-0.3, -0.25) is 0 Å². The summed E-state index contributed by atoms with van der Waals surface area (Å²) < 4.78 is 38.1. The molecule has 0 aliphatic heterocycles. The molecule has 0 saturated carbocycles. The quantitative estimate of drug-likeness (QED) is 0.651. The Morgan fingerprint density at radius 2 is 2.06 bits per heavy atom. The van der Waals surface area contributed by atoms with E-state index >= 15 is 0 Å². The van der Waals surface area contributed by atoms with Gasteiger partial charge in [-0.15, -0.1) is 12.3 Å². The van der Waals surface area contributed by atoms with E-state index in [2.05, 4.69) is 21.9 Å². The maximum Gasteiger partial charge on any atom is 0.417 e. The predicted molar refractivity (Wildman–Crippen MR) is 68.8 cm³/mol. The largest absolute Gasteiger partial charge is 0.417 e. The van der Waals surface area contributed by atoms with E-state index in [9.17, 15) is 13.2 Å². The van der Waals surface area contributed by atoms with Gasteiger partial charge in [-0.1, -0.05) is 22.0 Å². The molecule has 1 aromatic carbocycles. The Morgan fingerprint density at radius 1 is 1.39 bits per heavy atom. The molecule has 1 nitrogen and oxygen atoms in total. The highest BCUT2D eigenvalue weighted by Crippen LogP contribution is 2.36. The van der Waals surface area contributed by atoms with Gasteiger partial charge in [-0.05, 0) is 30.5 Å². The summed E-state index contributed by atoms with van der Waals surface area (Å²) in [6.45, 7) is 0. The SMILES string of the molecule is C#CCCCC(N)c1ccc(Br)c(C(F)(F)F)c1. The number of terminal acetylenes is 1. The standard InChI is InChI=1S/C13H13BrF3N/c1-2-3-4-5-12(18)9-6-7-11(14)10(8-9)13(15,16)17/h1,6-8,12H,3-5,18H2. The second kappa shape index (κ2) is 6.26. The van der Waals surface area contributed by atoms with E-state index in [-0.39, 0.29) is 4.47 Å². The Hall–Kier alpha value is -0.990. The van der Waals surface area contributed by atoms with Crippen LogP contribution in [0.4, 0.5) is 13.2 Å². The van der Waals surface area contributed by atoms with Gasteiger partial charge in [0, 0.05) is 16.9 Å². The van der Waals surface area contributed by atoms with Gasteiger partial charge >= 0.3 is 6.18 Å². The number of unbranched alkanes of at least 4 members (excludes halogenated alkanes) is 1. The topological polar surface area (TPSA) is 26.0 Å². The molecule has 1 aromatic rings. The molecule has 0 spiro atoms. The molecular formula is C13H13BrF3N. The van der Waals surface area contributed by atoms with Gasteiger partial charge in [0.05, 0.1) is 5.56 Å². The number of hydrogen-bond acceptors (Lipinski definition) is 1. The lowest BCUT2D eigenvalue weighted by molar-refractivity contribution is -0.138. The number of alkyl halides is 3. The van der Waals surface area contributed by atoms with Crippen molar-refractivity contribution in [3.8, 4) is 12.3 Å². The van der Waals surface area contributed by atoms with Crippen molar-refractivity contribution in [3.05, 3.63) is 33.8 Å². The highest BCUT2D eigenvalue weighted by Gasteiger charge is 2.33. The average molecular weight is 320 g/mol. The molecule has 1 atom stereocenters. The summed E-state index contributed by atoms with van der Waals surface area (Å²) in [5.74, 6) is 2.48. The summed E-state index contributed by atoms with van der Waals surface area (Å²) in [6, 6.07) is 3.64. The van der Waals surface area contributed by atoms with Gasteiger partial charge in [0.15, 0.2) is 0 Å². The van der Waals surface area contributed by atoms with Crippen LogP contribution in [0.2, 0.25) is 0 Å². The van der Waals surface area contributed by atoms with E-state index in [1.165, 1.54) is 6.07 Å². The Morgan fingerprint density at radius 3 is 2.61 bits per heavy atom. The van der Waals surface area contributed by atoms with E-state index in [4.69, 9.17) is 12.2 Å². The van der Waals surface area contributed by atoms with Gasteiger partial charge in [0.1, 0.15) is 0 Å². The Bertz CT molecular complexity index is 449. The lowest BCUT2D eigenvalue weighted by Gasteiger charge is -2.15. The zero-order valence-electron chi connectivity index (χ0n) is 9.60. The minimum atomic E-state index is -4.38. The molecule has 0 aliphatic rings. The van der Waals surface area contributed by atoms with Gasteiger partial charge in [-0.25, -0.2) is 0 Å². The summed E-state index contributed by atoms with van der Waals surface area (Å²) >= 11 is 2.89. The normalized spacial score (nSPS) is 13.1. The van der Waals surface area contributed by atoms with Gasteiger partial charge < -0.3 is 5.73 Å². The van der Waals surface area contributed by atoms with Crippen LogP contribution in [0.15, 0.2) is 22.7 Å². The summed E-state index contributed by atoms with van der Waals surface area (Å²) in [6.07, 6.45) is 2.58. The number of rotatable bonds is 4. The van der Waals surface area contributed by atoms with Crippen molar-refractivity contribution >= 4 is 15.9 Å². The van der Waals surface area contributed by atoms with E-state index in [1.54, 1.807) is 6.07 Å². The molecule has 0 saturated heterocycles. The molecule has 2 N–H and O–H groups in total. The molecule has 0 radical (unpaired) electrons. The molecule has 1 unspecified atom stereocenters. The first-order chi connectivity index (χ1) is 8.36. The molecular weight excluding hydrogens is 307 g/mol. The van der Waals surface area contributed by atoms with Crippen LogP contribution in [0.1, 0.15) is 36.4 Å². The van der Waals surface area contributed by atoms with Crippen LogP contribution in [0, 0.1) is 12.3 Å². The molecule has 1 rings (SSSR count). The van der Waals surface area contributed by atoms with E-state index in [1.807, 2.05) is 0 Å². The first-order valence-corrected chi connectivity index (χ1v) is 6.21. The average Bonchev–Trinajstić information content (AvgIpc) is 2.28. The number of nitrogens with two attached hydrogens (primary N) is 1. The number of hydrogen-bond donors (Lipinski definition) is 1. The summed E-state index contributed by atoms with van der Waals surface area (Å²) in [7, 11) is 0. The summed E-state index contributed by atoms with van der Waals surface area (Å²) in [4.78, 5) is 0. The van der Waals surface area contributed by atoms with Gasteiger partial charge in [0.25, 0.3) is 0 Å². The fraction of sp³-hybridized carbons (Fsp3) is 0.385. The van der Waals surface area contributed by atoms with Crippen LogP contribution < -0.4 is 5.73 Å². The van der Waals surface area contributed by atoms with Crippen LogP contribution in [-0.2, 0) is 6.18 Å². The molecule has 0 heterocycles. The molecule has 18 heavy (non-hydrogen) atoms. The monoisotopic (exact) mass is 319 g/mol. The molecule has 0 aromatic heterocycles. The smallest absolute Gasteiger partial charge is 0.324 e. The molecule has 98 valence electrons. The van der Waals surface area contributed by atoms with Crippen molar-refractivity contribution in [2.75, 3.05) is 0 Å². The van der Waals surface area contributed by atoms with Gasteiger partial charge in [-0.2, -0.15) is 13.2 Å². The van der Waals surface area contributed by atoms with Crippen molar-refractivity contribution in [2.45, 2.75) is 31.5 Å². The van der Waals surface area contributed by atoms with E-state index in [0.29, 0.717) is 24.8 Å². The van der Waals surface area contributed by atoms with Crippen molar-refractivity contribution in [3.63, 3.8) is 0 Å². The van der Waals surface area contributed by atoms with Crippen LogP contribution in [0.3, 0.4) is 0 Å². The summed E-state index contributed by atoms with van der Waals surface area (Å²) in [5.41, 5.74) is 5.62. The first-order valence-electron chi connectivity index (χ1n) is 5.42. The lowest BCUT2D eigenvalue weighted by atomic mass is 10.00. The van der Waals surface area contributed by atoms with Gasteiger partial charge in [0.2, 0.25) is 0 Å². The summed E-state index contributed by atoms with van der Waals surface area (Å²) in [5, 5.41) is 0. The second-order valence-corrected chi connectivity index (χ2v) is 4.79. The van der Waals surface area contributed by atoms with Crippen LogP contribution in [-0.4, -0.2) is 0 Å². The zero-order valence-corrected chi connectivity index (χ0v) is 11.2. The van der Waals surface area contributed by atoms with Crippen LogP contribution in [0.5, 0.6) is 0 Å². The van der Waals surface area contributed by atoms with Crippen LogP contribution >= 0.6 is 15.9 Å². The predicted octanol–water partition coefficient (Wildman–Crippen LogP) is 4.27. The zero-order chi connectivity index (χ0) is 13.8. The molecule has 0 fully saturated rings. The van der Waals surface area contributed by atoms with E-state index < -0.39 is 17.8 Å². The Balaban J connectivity index is 2.88. The highest BCUT2D eigenvalue weighted by atomic mass is 79.9. The van der Waals surface area contributed by atoms with Crippen LogP contribution in [0.25, 0.3) is 0 Å². The first kappa shape index (κ1) is 15.1. The minimum absolute atomic E-state index is 0.0228. The maximum absolute atomic E-state index is 12.7. The fourth-order valence-electron chi connectivity index (χ4n) is 1.58. The number of benzene rings is 1. The Kier molecular flexibility index (Phi) is 5.24. The number of halogens is 4. The third-order valence-corrected chi connectivity index (χ3v) is 3.25. The third-order valence-electron chi connectivity index (χ3n) is 2.56. The molecule has 0 bridgehead atoms. The minimum Gasteiger partial charge on any atom is -0.324 e. The third kappa shape index (κ3) is 4.04. The van der Waals surface area contributed by atoms with Crippen molar-refractivity contribution < 1.29 is 13.2 Å². The molecule has 0 amide bonds. The van der Waals surface area contributed by atoms with E-state index in [0.717, 1.165) is 6.07 Å². The second-order valence-electron chi connectivity index (χ2n) is 3.94. The van der Waals surface area contributed by atoms with Crippen molar-refractivity contribution in [2.24, 2.45) is 5.73 Å². The fourth-order valence-corrected chi connectivity index (χ4v) is 2.05. The lowest BCUT2D eigenvalue weighted by Crippen LogP contribution is -2.13. The van der Waals surface area contributed by atoms with Crippen molar-refractivity contribution in [1.82, 2.24) is 0 Å². The maximum atomic E-state index is 12.7. The Labute approximate surface area is 113 Å². The molecule has 5 heteroatoms. The molecule has 0 aliphatic carbocycles. The van der Waals surface area contributed by atoms with Crippen molar-refractivity contribution in [1.29, 1.82) is 0 Å².